The smallest absolute Gasteiger partial charge is 0.410 e. The van der Waals surface area contributed by atoms with Gasteiger partial charge in [0.2, 0.25) is 0 Å². The zero-order valence-electron chi connectivity index (χ0n) is 15.0. The molecule has 0 N–H and O–H groups in total. The van der Waals surface area contributed by atoms with Crippen molar-refractivity contribution in [2.24, 2.45) is 5.92 Å². The van der Waals surface area contributed by atoms with Crippen LogP contribution in [0, 0.1) is 5.92 Å². The molecular formula is C19H27NO4. The highest BCUT2D eigenvalue weighted by molar-refractivity contribution is 5.69. The molecule has 5 heteroatoms. The maximum absolute atomic E-state index is 12.3. The molecule has 1 fully saturated rings. The third-order valence-corrected chi connectivity index (χ3v) is 4.26. The lowest BCUT2D eigenvalue weighted by Gasteiger charge is -2.36. The Hall–Kier alpha value is -2.04. The van der Waals surface area contributed by atoms with Gasteiger partial charge in [-0.15, -0.1) is 0 Å². The van der Waals surface area contributed by atoms with E-state index in [4.69, 9.17) is 9.47 Å². The first-order valence-corrected chi connectivity index (χ1v) is 8.42. The summed E-state index contributed by atoms with van der Waals surface area (Å²) in [6.45, 7) is 6.76. The number of nitrogens with zero attached hydrogens (tertiary/aromatic N) is 1. The van der Waals surface area contributed by atoms with Crippen LogP contribution >= 0.6 is 0 Å². The minimum Gasteiger partial charge on any atom is -0.496 e. The van der Waals surface area contributed by atoms with Gasteiger partial charge in [0.05, 0.1) is 7.11 Å². The zero-order chi connectivity index (χ0) is 17.7. The van der Waals surface area contributed by atoms with E-state index >= 15 is 0 Å². The van der Waals surface area contributed by atoms with Crippen molar-refractivity contribution in [1.82, 2.24) is 4.90 Å². The Balaban J connectivity index is 2.15. The zero-order valence-corrected chi connectivity index (χ0v) is 15.0. The van der Waals surface area contributed by atoms with Gasteiger partial charge in [-0.2, -0.15) is 0 Å². The van der Waals surface area contributed by atoms with E-state index in [0.717, 1.165) is 24.7 Å². The SMILES string of the molecule is COc1ccccc1C(C=O)C1CCCN(C(=O)OC(C)(C)C)C1. The summed E-state index contributed by atoms with van der Waals surface area (Å²) >= 11 is 0. The van der Waals surface area contributed by atoms with E-state index < -0.39 is 5.60 Å². The van der Waals surface area contributed by atoms with Gasteiger partial charge in [0.1, 0.15) is 17.6 Å². The van der Waals surface area contributed by atoms with Crippen LogP contribution in [0.15, 0.2) is 24.3 Å². The van der Waals surface area contributed by atoms with Gasteiger partial charge in [0.15, 0.2) is 0 Å². The number of methoxy groups -OCH3 is 1. The Morgan fingerprint density at radius 1 is 1.33 bits per heavy atom. The number of hydrogen-bond acceptors (Lipinski definition) is 4. The molecular weight excluding hydrogens is 306 g/mol. The van der Waals surface area contributed by atoms with E-state index in [9.17, 15) is 9.59 Å². The van der Waals surface area contributed by atoms with Gasteiger partial charge in [-0.25, -0.2) is 4.79 Å². The lowest BCUT2D eigenvalue weighted by Crippen LogP contribution is -2.44. The van der Waals surface area contributed by atoms with Crippen LogP contribution in [0.1, 0.15) is 45.1 Å². The molecule has 0 aromatic heterocycles. The summed E-state index contributed by atoms with van der Waals surface area (Å²) in [5.74, 6) is 0.496. The predicted octanol–water partition coefficient (Wildman–Crippen LogP) is 3.62. The number of benzene rings is 1. The van der Waals surface area contributed by atoms with Crippen LogP contribution in [0.25, 0.3) is 0 Å². The van der Waals surface area contributed by atoms with Crippen LogP contribution < -0.4 is 4.74 Å². The van der Waals surface area contributed by atoms with E-state index in [1.807, 2.05) is 45.0 Å². The van der Waals surface area contributed by atoms with E-state index in [1.165, 1.54) is 0 Å². The Bertz CT molecular complexity index is 579. The van der Waals surface area contributed by atoms with Gasteiger partial charge in [0.25, 0.3) is 0 Å². The van der Waals surface area contributed by atoms with Gasteiger partial charge >= 0.3 is 6.09 Å². The Morgan fingerprint density at radius 3 is 2.67 bits per heavy atom. The fraction of sp³-hybridized carbons (Fsp3) is 0.579. The third kappa shape index (κ3) is 4.49. The van der Waals surface area contributed by atoms with Crippen molar-refractivity contribution in [1.29, 1.82) is 0 Å². The quantitative estimate of drug-likeness (QED) is 0.790. The number of piperidine rings is 1. The van der Waals surface area contributed by atoms with Crippen LogP contribution in [0.5, 0.6) is 5.75 Å². The van der Waals surface area contributed by atoms with Crippen molar-refractivity contribution < 1.29 is 19.1 Å². The summed E-state index contributed by atoms with van der Waals surface area (Å²) in [4.78, 5) is 25.8. The fourth-order valence-corrected chi connectivity index (χ4v) is 3.18. The minimum absolute atomic E-state index is 0.0695. The van der Waals surface area contributed by atoms with Crippen molar-refractivity contribution in [3.05, 3.63) is 29.8 Å². The molecule has 1 aliphatic heterocycles. The van der Waals surface area contributed by atoms with Crippen molar-refractivity contribution in [2.45, 2.75) is 45.1 Å². The minimum atomic E-state index is -0.517. The van der Waals surface area contributed by atoms with Crippen LogP contribution in [-0.2, 0) is 9.53 Å². The summed E-state index contributed by atoms with van der Waals surface area (Å²) in [5, 5.41) is 0. The summed E-state index contributed by atoms with van der Waals surface area (Å²) in [5.41, 5.74) is 0.363. The number of carbonyl (C=O) groups is 2. The molecule has 0 aliphatic carbocycles. The lowest BCUT2D eigenvalue weighted by atomic mass is 9.81. The lowest BCUT2D eigenvalue weighted by molar-refractivity contribution is -0.110. The maximum Gasteiger partial charge on any atom is 0.410 e. The molecule has 0 radical (unpaired) electrons. The molecule has 2 unspecified atom stereocenters. The number of likely N-dealkylation sites (tertiary alicyclic amines) is 1. The molecule has 0 saturated carbocycles. The molecule has 2 atom stereocenters. The summed E-state index contributed by atoms with van der Waals surface area (Å²) in [6, 6.07) is 7.57. The van der Waals surface area contributed by atoms with Crippen LogP contribution in [0.3, 0.4) is 0 Å². The number of ether oxygens (including phenoxy) is 2. The number of carbonyl (C=O) groups excluding carboxylic acids is 2. The van der Waals surface area contributed by atoms with Gasteiger partial charge < -0.3 is 19.2 Å². The van der Waals surface area contributed by atoms with E-state index in [-0.39, 0.29) is 17.9 Å². The second-order valence-corrected chi connectivity index (χ2v) is 7.23. The highest BCUT2D eigenvalue weighted by atomic mass is 16.6. The molecule has 0 bridgehead atoms. The molecule has 1 amide bonds. The molecule has 1 saturated heterocycles. The molecule has 1 aromatic carbocycles. The summed E-state index contributed by atoms with van der Waals surface area (Å²) in [7, 11) is 1.61. The van der Waals surface area contributed by atoms with E-state index in [2.05, 4.69) is 0 Å². The van der Waals surface area contributed by atoms with E-state index in [1.54, 1.807) is 12.0 Å². The number of rotatable bonds is 4. The molecule has 24 heavy (non-hydrogen) atoms. The number of aldehydes is 1. The van der Waals surface area contributed by atoms with Crippen molar-refractivity contribution in [3.8, 4) is 5.75 Å². The number of hydrogen-bond donors (Lipinski definition) is 0. The molecule has 5 nitrogen and oxygen atoms in total. The number of amides is 1. The second kappa shape index (κ2) is 7.69. The molecule has 0 spiro atoms. The first-order valence-electron chi connectivity index (χ1n) is 8.42. The first kappa shape index (κ1) is 18.3. The summed E-state index contributed by atoms with van der Waals surface area (Å²) < 4.78 is 10.9. The largest absolute Gasteiger partial charge is 0.496 e. The number of para-hydroxylation sites is 1. The Kier molecular flexibility index (Phi) is 5.86. The highest BCUT2D eigenvalue weighted by Gasteiger charge is 2.33. The van der Waals surface area contributed by atoms with Crippen molar-refractivity contribution in [3.63, 3.8) is 0 Å². The van der Waals surface area contributed by atoms with Crippen LogP contribution in [0.2, 0.25) is 0 Å². The van der Waals surface area contributed by atoms with E-state index in [0.29, 0.717) is 18.8 Å². The highest BCUT2D eigenvalue weighted by Crippen LogP contribution is 2.35. The third-order valence-electron chi connectivity index (χ3n) is 4.26. The topological polar surface area (TPSA) is 55.8 Å². The van der Waals surface area contributed by atoms with Gasteiger partial charge in [-0.3, -0.25) is 0 Å². The predicted molar refractivity (Wildman–Crippen MR) is 92.3 cm³/mol. The average molecular weight is 333 g/mol. The fourth-order valence-electron chi connectivity index (χ4n) is 3.18. The Labute approximate surface area is 143 Å². The van der Waals surface area contributed by atoms with Crippen LogP contribution in [-0.4, -0.2) is 43.1 Å². The molecule has 1 heterocycles. The van der Waals surface area contributed by atoms with Crippen LogP contribution in [0.4, 0.5) is 4.79 Å². The maximum atomic E-state index is 12.3. The Morgan fingerprint density at radius 2 is 2.04 bits per heavy atom. The first-order chi connectivity index (χ1) is 11.4. The van der Waals surface area contributed by atoms with Gasteiger partial charge in [-0.1, -0.05) is 18.2 Å². The molecule has 2 rings (SSSR count). The normalized spacial score (nSPS) is 19.5. The van der Waals surface area contributed by atoms with Crippen molar-refractivity contribution >= 4 is 12.4 Å². The molecule has 1 aliphatic rings. The second-order valence-electron chi connectivity index (χ2n) is 7.23. The van der Waals surface area contributed by atoms with Gasteiger partial charge in [0, 0.05) is 24.6 Å². The monoisotopic (exact) mass is 333 g/mol. The molecule has 132 valence electrons. The van der Waals surface area contributed by atoms with Gasteiger partial charge in [-0.05, 0) is 45.6 Å². The average Bonchev–Trinajstić information content (AvgIpc) is 2.55. The standard InChI is InChI=1S/C19H27NO4/c1-19(2,3)24-18(22)20-11-7-8-14(12-20)16(13-21)15-9-5-6-10-17(15)23-4/h5-6,9-10,13-14,16H,7-8,11-12H2,1-4H3. The van der Waals surface area contributed by atoms with Crippen molar-refractivity contribution in [2.75, 3.05) is 20.2 Å². The summed E-state index contributed by atoms with van der Waals surface area (Å²) in [6.07, 6.45) is 2.43. The molecule has 1 aromatic rings.